The van der Waals surface area contributed by atoms with Crippen LogP contribution in [0.25, 0.3) is 5.20 Å². The fraction of sp³-hybridized carbons (Fsp3) is 0.529. The third kappa shape index (κ3) is 2.56. The van der Waals surface area contributed by atoms with E-state index in [1.807, 2.05) is 0 Å². The van der Waals surface area contributed by atoms with Crippen molar-refractivity contribution in [2.45, 2.75) is 57.2 Å². The summed E-state index contributed by atoms with van der Waals surface area (Å²) in [5.74, 6) is 0. The van der Waals surface area contributed by atoms with Gasteiger partial charge in [-0.3, -0.25) is 0 Å². The first-order chi connectivity index (χ1) is 9.11. The average Bonchev–Trinajstić information content (AvgIpc) is 2.39. The van der Waals surface area contributed by atoms with Crippen LogP contribution in [-0.2, 0) is 4.43 Å². The molecule has 2 aliphatic rings. The molecule has 1 saturated carbocycles. The third-order valence-electron chi connectivity index (χ3n) is 4.65. The van der Waals surface area contributed by atoms with E-state index in [1.54, 1.807) is 0 Å². The molecule has 0 unspecified atom stereocenters. The monoisotopic (exact) mass is 272 g/mol. The molecule has 1 spiro atoms. The Hall–Kier alpha value is -0.863. The van der Waals surface area contributed by atoms with Crippen molar-refractivity contribution in [2.75, 3.05) is 0 Å². The minimum absolute atomic E-state index is 0.187. The molecule has 0 N–H and O–H groups in total. The average molecular weight is 272 g/mol. The van der Waals surface area contributed by atoms with Gasteiger partial charge in [0.15, 0.2) is 0 Å². The molecule has 1 aliphatic heterocycles. The van der Waals surface area contributed by atoms with Gasteiger partial charge in [-0.1, -0.05) is 55.7 Å². The Morgan fingerprint density at radius 1 is 1.00 bits per heavy atom. The molecule has 0 saturated heterocycles. The molecule has 1 nitrogen and oxygen atoms in total. The Morgan fingerprint density at radius 3 is 2.32 bits per heavy atom. The molecule has 1 heterocycles. The number of hydrogen-bond acceptors (Lipinski definition) is 1. The largest absolute Gasteiger partial charge is 0.407 e. The fourth-order valence-electron chi connectivity index (χ4n) is 3.76. The van der Waals surface area contributed by atoms with Gasteiger partial charge in [0.25, 0.3) is 0 Å². The minimum Gasteiger partial charge on any atom is -0.407 e. The molecule has 0 atom stereocenters. The summed E-state index contributed by atoms with van der Waals surface area (Å²) in [5, 5.41) is 1.49. The predicted molar refractivity (Wildman–Crippen MR) is 83.4 cm³/mol. The zero-order valence-corrected chi connectivity index (χ0v) is 13.1. The number of hydrogen-bond donors (Lipinski definition) is 0. The maximum Gasteiger partial charge on any atom is 0.219 e. The van der Waals surface area contributed by atoms with Gasteiger partial charge in [-0.15, -0.1) is 0 Å². The van der Waals surface area contributed by atoms with E-state index in [0.29, 0.717) is 0 Å². The van der Waals surface area contributed by atoms with E-state index in [9.17, 15) is 0 Å². The van der Waals surface area contributed by atoms with Gasteiger partial charge in [-0.05, 0) is 43.1 Å². The predicted octanol–water partition coefficient (Wildman–Crippen LogP) is 4.94. The van der Waals surface area contributed by atoms with E-state index in [1.165, 1.54) is 42.9 Å². The Kier molecular flexibility index (Phi) is 3.40. The minimum atomic E-state index is -1.76. The highest BCUT2D eigenvalue weighted by Gasteiger charge is 2.44. The zero-order chi connectivity index (χ0) is 13.3. The van der Waals surface area contributed by atoms with Crippen LogP contribution >= 0.6 is 0 Å². The van der Waals surface area contributed by atoms with Crippen LogP contribution in [-0.4, -0.2) is 13.9 Å². The smallest absolute Gasteiger partial charge is 0.219 e. The van der Waals surface area contributed by atoms with Crippen molar-refractivity contribution in [2.24, 2.45) is 0 Å². The summed E-state index contributed by atoms with van der Waals surface area (Å²) in [6.45, 7) is 4.72. The molecule has 3 rings (SSSR count). The first-order valence-corrected chi connectivity index (χ1v) is 10.5. The topological polar surface area (TPSA) is 9.23 Å². The molecule has 19 heavy (non-hydrogen) atoms. The van der Waals surface area contributed by atoms with Crippen LogP contribution in [0.5, 0.6) is 0 Å². The molecular formula is C17H24OSi. The molecule has 1 aromatic carbocycles. The summed E-state index contributed by atoms with van der Waals surface area (Å²) >= 11 is 0. The van der Waals surface area contributed by atoms with Crippen molar-refractivity contribution < 1.29 is 4.43 Å². The molecule has 1 aliphatic carbocycles. The van der Waals surface area contributed by atoms with Crippen LogP contribution in [0.4, 0.5) is 0 Å². The highest BCUT2D eigenvalue weighted by atomic mass is 28.4. The Bertz CT molecular complexity index is 469. The van der Waals surface area contributed by atoms with Crippen LogP contribution in [0.15, 0.2) is 36.4 Å². The van der Waals surface area contributed by atoms with Gasteiger partial charge in [-0.25, -0.2) is 0 Å². The molecule has 2 heteroatoms. The van der Waals surface area contributed by atoms with Crippen molar-refractivity contribution in [1.82, 2.24) is 0 Å². The standard InChI is InChI=1S/C17H24OSi/c1-19(2)16(15-9-5-3-6-10-15)11-14-17(18-19)12-7-4-8-13-17/h3,5-6,9-11H,4,7-8,12-14H2,1-2H3. The highest BCUT2D eigenvalue weighted by molar-refractivity contribution is 6.89. The fourth-order valence-corrected chi connectivity index (χ4v) is 6.69. The Morgan fingerprint density at radius 2 is 1.68 bits per heavy atom. The second-order valence-corrected chi connectivity index (χ2v) is 10.3. The van der Waals surface area contributed by atoms with Crippen LogP contribution in [0.1, 0.15) is 44.1 Å². The van der Waals surface area contributed by atoms with Gasteiger partial charge >= 0.3 is 0 Å². The van der Waals surface area contributed by atoms with Gasteiger partial charge in [0, 0.05) is 0 Å². The second-order valence-electron chi connectivity index (χ2n) is 6.54. The molecule has 0 bridgehead atoms. The number of rotatable bonds is 1. The maximum absolute atomic E-state index is 6.74. The number of benzene rings is 1. The quantitative estimate of drug-likeness (QED) is 0.658. The van der Waals surface area contributed by atoms with E-state index in [2.05, 4.69) is 49.5 Å². The second kappa shape index (κ2) is 4.91. The maximum atomic E-state index is 6.74. The van der Waals surface area contributed by atoms with E-state index in [4.69, 9.17) is 4.43 Å². The lowest BCUT2D eigenvalue weighted by Gasteiger charge is -2.46. The molecule has 0 aromatic heterocycles. The molecule has 102 valence electrons. The first-order valence-electron chi connectivity index (χ1n) is 7.58. The van der Waals surface area contributed by atoms with Crippen molar-refractivity contribution >= 4 is 13.5 Å². The Labute approximate surface area is 117 Å². The summed E-state index contributed by atoms with van der Waals surface area (Å²) in [4.78, 5) is 0. The van der Waals surface area contributed by atoms with E-state index in [-0.39, 0.29) is 5.60 Å². The lowest BCUT2D eigenvalue weighted by atomic mass is 9.82. The van der Waals surface area contributed by atoms with Crippen molar-refractivity contribution in [1.29, 1.82) is 0 Å². The Balaban J connectivity index is 1.91. The van der Waals surface area contributed by atoms with Crippen LogP contribution in [0.3, 0.4) is 0 Å². The summed E-state index contributed by atoms with van der Waals surface area (Å²) in [7, 11) is -1.76. The molecule has 1 fully saturated rings. The summed E-state index contributed by atoms with van der Waals surface area (Å²) < 4.78 is 6.74. The van der Waals surface area contributed by atoms with Crippen molar-refractivity contribution in [3.8, 4) is 0 Å². The summed E-state index contributed by atoms with van der Waals surface area (Å²) in [5.41, 5.74) is 1.55. The third-order valence-corrected chi connectivity index (χ3v) is 7.38. The molecule has 1 aromatic rings. The van der Waals surface area contributed by atoms with Crippen LogP contribution in [0, 0.1) is 0 Å². The lowest BCUT2D eigenvalue weighted by molar-refractivity contribution is 0.0241. The van der Waals surface area contributed by atoms with Gasteiger partial charge in [0.2, 0.25) is 8.32 Å². The molecule has 0 radical (unpaired) electrons. The van der Waals surface area contributed by atoms with E-state index < -0.39 is 8.32 Å². The van der Waals surface area contributed by atoms with E-state index >= 15 is 0 Å². The zero-order valence-electron chi connectivity index (χ0n) is 12.1. The van der Waals surface area contributed by atoms with Gasteiger partial charge in [-0.2, -0.15) is 0 Å². The molecular weight excluding hydrogens is 248 g/mol. The van der Waals surface area contributed by atoms with Crippen LogP contribution in [0.2, 0.25) is 13.1 Å². The van der Waals surface area contributed by atoms with Crippen LogP contribution < -0.4 is 0 Å². The van der Waals surface area contributed by atoms with Crippen molar-refractivity contribution in [3.05, 3.63) is 42.0 Å². The summed E-state index contributed by atoms with van der Waals surface area (Å²) in [6, 6.07) is 10.8. The van der Waals surface area contributed by atoms with Gasteiger partial charge in [0.1, 0.15) is 0 Å². The SMILES string of the molecule is C[Si]1(C)OC2(CC=C1c1ccccc1)CCCCC2. The van der Waals surface area contributed by atoms with Crippen molar-refractivity contribution in [3.63, 3.8) is 0 Å². The van der Waals surface area contributed by atoms with Gasteiger partial charge < -0.3 is 4.43 Å². The van der Waals surface area contributed by atoms with E-state index in [0.717, 1.165) is 6.42 Å². The summed E-state index contributed by atoms with van der Waals surface area (Å²) in [6.07, 6.45) is 10.2. The lowest BCUT2D eigenvalue weighted by Crippen LogP contribution is -2.49. The molecule has 0 amide bonds. The van der Waals surface area contributed by atoms with Gasteiger partial charge in [0.05, 0.1) is 5.60 Å². The highest BCUT2D eigenvalue weighted by Crippen LogP contribution is 2.44. The normalized spacial score (nSPS) is 25.1. The first kappa shape index (κ1) is 13.1.